The number of fused-ring (bicyclic) bond motifs is 1. The van der Waals surface area contributed by atoms with Crippen LogP contribution in [0.15, 0.2) is 24.3 Å². The van der Waals surface area contributed by atoms with Crippen molar-refractivity contribution in [3.8, 4) is 0 Å². The minimum atomic E-state index is -0.361. The van der Waals surface area contributed by atoms with Gasteiger partial charge in [-0.3, -0.25) is 14.5 Å². The van der Waals surface area contributed by atoms with E-state index in [-0.39, 0.29) is 41.5 Å². The molecule has 2 fully saturated rings. The number of halogens is 1. The first kappa shape index (κ1) is 19.3. The summed E-state index contributed by atoms with van der Waals surface area (Å²) < 4.78 is 13.0. The van der Waals surface area contributed by atoms with Gasteiger partial charge in [0.1, 0.15) is 5.82 Å². The topological polar surface area (TPSA) is 78.5 Å². The number of urea groups is 1. The molecule has 0 spiro atoms. The Morgan fingerprint density at radius 2 is 1.96 bits per heavy atom. The zero-order valence-electron chi connectivity index (χ0n) is 15.5. The van der Waals surface area contributed by atoms with Crippen LogP contribution >= 0.6 is 0 Å². The first-order valence-electron chi connectivity index (χ1n) is 9.68. The van der Waals surface area contributed by atoms with E-state index in [1.807, 2.05) is 0 Å². The van der Waals surface area contributed by atoms with Crippen molar-refractivity contribution in [1.82, 2.24) is 10.2 Å². The summed E-state index contributed by atoms with van der Waals surface area (Å²) in [5, 5.41) is 5.70. The molecule has 0 bridgehead atoms. The van der Waals surface area contributed by atoms with Crippen LogP contribution in [-0.2, 0) is 9.59 Å². The summed E-state index contributed by atoms with van der Waals surface area (Å²) in [6, 6.07) is 4.96. The number of hydrogen-bond acceptors (Lipinski definition) is 3. The Hall–Kier alpha value is -2.44. The molecule has 0 aromatic heterocycles. The van der Waals surface area contributed by atoms with Gasteiger partial charge in [-0.1, -0.05) is 19.8 Å². The van der Waals surface area contributed by atoms with Crippen molar-refractivity contribution >= 4 is 23.5 Å². The lowest BCUT2D eigenvalue weighted by molar-refractivity contribution is -0.138. The van der Waals surface area contributed by atoms with Gasteiger partial charge in [-0.25, -0.2) is 9.18 Å². The van der Waals surface area contributed by atoms with E-state index in [0.717, 1.165) is 19.3 Å². The Balaban J connectivity index is 1.58. The largest absolute Gasteiger partial charge is 0.334 e. The lowest BCUT2D eigenvalue weighted by Crippen LogP contribution is -2.62. The number of nitrogens with zero attached hydrogens (tertiary/aromatic N) is 1. The van der Waals surface area contributed by atoms with Gasteiger partial charge in [0, 0.05) is 24.2 Å². The molecule has 7 heteroatoms. The number of hydrogen-bond donors (Lipinski definition) is 2. The van der Waals surface area contributed by atoms with Crippen molar-refractivity contribution in [2.45, 2.75) is 51.5 Å². The van der Waals surface area contributed by atoms with Crippen LogP contribution in [0, 0.1) is 17.7 Å². The molecule has 1 aromatic carbocycles. The van der Waals surface area contributed by atoms with Gasteiger partial charge in [-0.2, -0.15) is 0 Å². The minimum Gasteiger partial charge on any atom is -0.334 e. The van der Waals surface area contributed by atoms with Crippen LogP contribution in [-0.4, -0.2) is 35.3 Å². The minimum absolute atomic E-state index is 0.114. The molecule has 2 aliphatic rings. The molecule has 146 valence electrons. The summed E-state index contributed by atoms with van der Waals surface area (Å²) in [5.41, 5.74) is 0.536. The van der Waals surface area contributed by atoms with Crippen molar-refractivity contribution < 1.29 is 18.8 Å². The third-order valence-electron chi connectivity index (χ3n) is 5.46. The van der Waals surface area contributed by atoms with Gasteiger partial charge in [0.15, 0.2) is 0 Å². The van der Waals surface area contributed by atoms with E-state index < -0.39 is 0 Å². The first-order chi connectivity index (χ1) is 13.0. The molecule has 3 rings (SSSR count). The van der Waals surface area contributed by atoms with E-state index in [1.54, 1.807) is 0 Å². The van der Waals surface area contributed by atoms with Crippen molar-refractivity contribution in [2.75, 3.05) is 11.9 Å². The second-order valence-electron chi connectivity index (χ2n) is 7.37. The number of benzene rings is 1. The average Bonchev–Trinajstić information content (AvgIpc) is 2.66. The van der Waals surface area contributed by atoms with E-state index in [0.29, 0.717) is 31.5 Å². The lowest BCUT2D eigenvalue weighted by Gasteiger charge is -2.42. The summed E-state index contributed by atoms with van der Waals surface area (Å²) >= 11 is 0. The van der Waals surface area contributed by atoms with E-state index in [2.05, 4.69) is 17.6 Å². The second-order valence-corrected chi connectivity index (χ2v) is 7.37. The third-order valence-corrected chi connectivity index (χ3v) is 5.46. The summed E-state index contributed by atoms with van der Waals surface area (Å²) in [4.78, 5) is 38.8. The van der Waals surface area contributed by atoms with E-state index >= 15 is 0 Å². The summed E-state index contributed by atoms with van der Waals surface area (Å²) in [6.45, 7) is 2.53. The van der Waals surface area contributed by atoms with Crippen LogP contribution < -0.4 is 10.6 Å². The molecular weight excluding hydrogens is 349 g/mol. The predicted octanol–water partition coefficient (Wildman–Crippen LogP) is 3.29. The molecule has 3 atom stereocenters. The van der Waals surface area contributed by atoms with Crippen molar-refractivity contribution in [1.29, 1.82) is 0 Å². The first-order valence-corrected chi connectivity index (χ1v) is 9.68. The van der Waals surface area contributed by atoms with Gasteiger partial charge < -0.3 is 10.6 Å². The number of unbranched alkanes of at least 4 members (excludes halogenated alkanes) is 2. The molecule has 1 heterocycles. The van der Waals surface area contributed by atoms with Crippen molar-refractivity contribution in [2.24, 2.45) is 11.8 Å². The van der Waals surface area contributed by atoms with Crippen LogP contribution in [0.25, 0.3) is 0 Å². The van der Waals surface area contributed by atoms with Crippen LogP contribution in [0.3, 0.4) is 0 Å². The van der Waals surface area contributed by atoms with Crippen LogP contribution in [0.1, 0.15) is 45.4 Å². The monoisotopic (exact) mass is 375 g/mol. The number of anilines is 1. The van der Waals surface area contributed by atoms with Gasteiger partial charge in [0.25, 0.3) is 0 Å². The normalized spacial score (nSPS) is 25.0. The number of carbonyl (C=O) groups is 3. The van der Waals surface area contributed by atoms with Crippen molar-refractivity contribution in [3.05, 3.63) is 30.1 Å². The standard InChI is InChI=1S/C20H26FN3O3/c1-2-3-4-11-24-19(26)16-10-5-13(12-17(16)23-20(24)27)18(25)22-15-8-6-14(21)7-9-15/h6-9,13,16-17H,2-5,10-12H2,1H3,(H,22,25)(H,23,27). The number of carbonyl (C=O) groups excluding carboxylic acids is 3. The Bertz CT molecular complexity index is 707. The SMILES string of the molecule is CCCCCN1C(=O)NC2CC(C(=O)Nc3ccc(F)cc3)CCC2C1=O. The molecular formula is C20H26FN3O3. The summed E-state index contributed by atoms with van der Waals surface area (Å²) in [6.07, 6.45) is 4.44. The fourth-order valence-electron chi connectivity index (χ4n) is 3.91. The molecule has 0 radical (unpaired) electrons. The molecule has 2 N–H and O–H groups in total. The number of imide groups is 1. The Kier molecular flexibility index (Phi) is 6.08. The third kappa shape index (κ3) is 4.46. The van der Waals surface area contributed by atoms with Crippen LogP contribution in [0.5, 0.6) is 0 Å². The zero-order chi connectivity index (χ0) is 19.4. The summed E-state index contributed by atoms with van der Waals surface area (Å²) in [7, 11) is 0. The molecule has 3 unspecified atom stereocenters. The van der Waals surface area contributed by atoms with Gasteiger partial charge in [0.05, 0.1) is 5.92 Å². The highest BCUT2D eigenvalue weighted by Gasteiger charge is 2.45. The van der Waals surface area contributed by atoms with Crippen LogP contribution in [0.4, 0.5) is 14.9 Å². The second kappa shape index (κ2) is 8.50. The predicted molar refractivity (Wildman–Crippen MR) is 99.4 cm³/mol. The lowest BCUT2D eigenvalue weighted by atomic mass is 9.76. The maximum Gasteiger partial charge on any atom is 0.324 e. The zero-order valence-corrected chi connectivity index (χ0v) is 15.5. The molecule has 1 saturated carbocycles. The number of rotatable bonds is 6. The van der Waals surface area contributed by atoms with E-state index in [9.17, 15) is 18.8 Å². The van der Waals surface area contributed by atoms with Crippen molar-refractivity contribution in [3.63, 3.8) is 0 Å². The molecule has 1 aliphatic heterocycles. The van der Waals surface area contributed by atoms with Gasteiger partial charge >= 0.3 is 6.03 Å². The smallest absolute Gasteiger partial charge is 0.324 e. The molecule has 6 nitrogen and oxygen atoms in total. The van der Waals surface area contributed by atoms with Crippen LogP contribution in [0.2, 0.25) is 0 Å². The molecule has 4 amide bonds. The van der Waals surface area contributed by atoms with Gasteiger partial charge in [-0.05, 0) is 49.9 Å². The highest BCUT2D eigenvalue weighted by Crippen LogP contribution is 2.33. The van der Waals surface area contributed by atoms with Gasteiger partial charge in [-0.15, -0.1) is 0 Å². The highest BCUT2D eigenvalue weighted by molar-refractivity contribution is 5.99. The van der Waals surface area contributed by atoms with Gasteiger partial charge in [0.2, 0.25) is 11.8 Å². The number of nitrogens with one attached hydrogen (secondary N) is 2. The fraction of sp³-hybridized carbons (Fsp3) is 0.550. The molecule has 1 aromatic rings. The average molecular weight is 375 g/mol. The maximum atomic E-state index is 13.0. The number of amides is 4. The molecule has 1 saturated heterocycles. The Morgan fingerprint density at radius 3 is 2.67 bits per heavy atom. The van der Waals surface area contributed by atoms with E-state index in [4.69, 9.17) is 0 Å². The van der Waals surface area contributed by atoms with E-state index in [1.165, 1.54) is 29.2 Å². The highest BCUT2D eigenvalue weighted by atomic mass is 19.1. The maximum absolute atomic E-state index is 13.0. The summed E-state index contributed by atoms with van der Waals surface area (Å²) in [5.74, 6) is -1.17. The Morgan fingerprint density at radius 1 is 1.22 bits per heavy atom. The Labute approximate surface area is 158 Å². The quantitative estimate of drug-likeness (QED) is 0.749. The molecule has 27 heavy (non-hydrogen) atoms. The fourth-order valence-corrected chi connectivity index (χ4v) is 3.91. The molecule has 1 aliphatic carbocycles.